The molecule has 4 aromatic carbocycles. The molecule has 5 aromatic rings. The number of esters is 1. The van der Waals surface area contributed by atoms with Crippen molar-refractivity contribution in [3.8, 4) is 27.7 Å². The molecule has 0 amide bonds. The van der Waals surface area contributed by atoms with Crippen molar-refractivity contribution in [2.75, 3.05) is 26.2 Å². The van der Waals surface area contributed by atoms with Gasteiger partial charge in [-0.25, -0.2) is 4.79 Å². The molecule has 1 aliphatic heterocycles. The van der Waals surface area contributed by atoms with E-state index >= 15 is 0 Å². The van der Waals surface area contributed by atoms with Crippen LogP contribution in [-0.2, 0) is 0 Å². The van der Waals surface area contributed by atoms with Crippen molar-refractivity contribution in [1.82, 2.24) is 4.90 Å². The largest absolute Gasteiger partial charge is 0.492 e. The predicted molar refractivity (Wildman–Crippen MR) is 197 cm³/mol. The fourth-order valence-corrected chi connectivity index (χ4v) is 8.31. The van der Waals surface area contributed by atoms with Crippen LogP contribution in [0.5, 0.6) is 17.2 Å². The zero-order chi connectivity index (χ0) is 33.7. The van der Waals surface area contributed by atoms with E-state index in [-0.39, 0.29) is 22.5 Å². The summed E-state index contributed by atoms with van der Waals surface area (Å²) in [7, 11) is 0. The number of likely N-dealkylation sites (tertiary alicyclic amines) is 1. The minimum absolute atomic E-state index is 0.0709. The summed E-state index contributed by atoms with van der Waals surface area (Å²) in [5.74, 6) is 1.28. The maximum Gasteiger partial charge on any atom is 0.345 e. The molecule has 2 aliphatic rings. The van der Waals surface area contributed by atoms with Crippen molar-refractivity contribution in [2.24, 2.45) is 0 Å². The summed E-state index contributed by atoms with van der Waals surface area (Å²) in [4.78, 5) is 30.4. The van der Waals surface area contributed by atoms with Gasteiger partial charge < -0.3 is 14.2 Å². The Kier molecular flexibility index (Phi) is 10.5. The summed E-state index contributed by atoms with van der Waals surface area (Å²) >= 11 is 13.8. The molecule has 1 aromatic heterocycles. The molecule has 7 rings (SSSR count). The molecule has 9 heteroatoms. The Morgan fingerprint density at radius 3 is 2.22 bits per heavy atom. The lowest BCUT2D eigenvalue weighted by molar-refractivity contribution is 0.0734. The second-order valence-electron chi connectivity index (χ2n) is 12.6. The first-order valence-corrected chi connectivity index (χ1v) is 18.5. The normalized spacial score (nSPS) is 15.4. The third-order valence-corrected chi connectivity index (χ3v) is 11.0. The smallest absolute Gasteiger partial charge is 0.345 e. The summed E-state index contributed by atoms with van der Waals surface area (Å²) in [6.07, 6.45) is 8.56. The maximum absolute atomic E-state index is 14.3. The molecule has 49 heavy (non-hydrogen) atoms. The lowest BCUT2D eigenvalue weighted by atomic mass is 9.97. The molecule has 0 N–H and O–H groups in total. The predicted octanol–water partition coefficient (Wildman–Crippen LogP) is 10.5. The van der Waals surface area contributed by atoms with Gasteiger partial charge in [0.1, 0.15) is 23.9 Å². The molecule has 0 spiro atoms. The van der Waals surface area contributed by atoms with Gasteiger partial charge in [-0.05, 0) is 142 Å². The minimum Gasteiger partial charge on any atom is -0.492 e. The van der Waals surface area contributed by atoms with E-state index in [1.165, 1.54) is 44.2 Å². The lowest BCUT2D eigenvalue weighted by Crippen LogP contribution is -2.33. The molecule has 2 fully saturated rings. The number of benzene rings is 4. The van der Waals surface area contributed by atoms with Crippen LogP contribution in [0.1, 0.15) is 71.2 Å². The van der Waals surface area contributed by atoms with E-state index in [1.807, 2.05) is 54.6 Å². The number of nitrogens with zero attached hydrogens (tertiary/aromatic N) is 1. The average Bonchev–Trinajstić information content (AvgIpc) is 3.77. The Labute approximate surface area is 300 Å². The van der Waals surface area contributed by atoms with Gasteiger partial charge in [0.25, 0.3) is 0 Å². The number of thiophene rings is 1. The number of piperidine rings is 1. The van der Waals surface area contributed by atoms with Crippen molar-refractivity contribution in [2.45, 2.75) is 51.0 Å². The maximum atomic E-state index is 14.3. The molecular weight excluding hydrogens is 677 g/mol. The van der Waals surface area contributed by atoms with Crippen LogP contribution in [0.2, 0.25) is 10.0 Å². The molecule has 0 bridgehead atoms. The molecule has 0 unspecified atom stereocenters. The topological polar surface area (TPSA) is 65.1 Å². The van der Waals surface area contributed by atoms with Crippen LogP contribution in [0.4, 0.5) is 0 Å². The number of hydrogen-bond acceptors (Lipinski definition) is 7. The number of halogens is 2. The molecule has 1 saturated carbocycles. The van der Waals surface area contributed by atoms with Crippen LogP contribution in [0.15, 0.2) is 84.9 Å². The van der Waals surface area contributed by atoms with Gasteiger partial charge in [0.05, 0.1) is 16.7 Å². The second kappa shape index (κ2) is 15.3. The van der Waals surface area contributed by atoms with Gasteiger partial charge in [0.2, 0.25) is 0 Å². The van der Waals surface area contributed by atoms with Crippen molar-refractivity contribution >= 4 is 56.4 Å². The van der Waals surface area contributed by atoms with E-state index in [4.69, 9.17) is 37.4 Å². The molecule has 1 saturated heterocycles. The Balaban J connectivity index is 1.14. The first kappa shape index (κ1) is 33.6. The average molecular weight is 715 g/mol. The summed E-state index contributed by atoms with van der Waals surface area (Å²) < 4.78 is 18.9. The first-order valence-electron chi connectivity index (χ1n) is 16.9. The molecule has 2 heterocycles. The fraction of sp³-hybridized carbons (Fsp3) is 0.300. The zero-order valence-electron chi connectivity index (χ0n) is 27.1. The van der Waals surface area contributed by atoms with E-state index in [0.29, 0.717) is 28.5 Å². The standard InChI is InChI=1S/C40H37Cl2NO5S/c41-28-12-18-33(35(42)24-28)40(45)48-31-15-10-27(11-16-31)39-37(34-19-17-32(25-36(34)49-39)47-30-6-2-3-7-30)38(44)26-8-13-29(14-9-26)46-23-22-43-20-4-1-5-21-43/h8-19,24-25,30H,1-7,20-23H2. The van der Waals surface area contributed by atoms with E-state index in [9.17, 15) is 9.59 Å². The molecule has 1 aliphatic carbocycles. The van der Waals surface area contributed by atoms with Gasteiger partial charge in [-0.15, -0.1) is 11.3 Å². The lowest BCUT2D eigenvalue weighted by Gasteiger charge is -2.26. The number of fused-ring (bicyclic) bond motifs is 1. The third kappa shape index (κ3) is 7.97. The van der Waals surface area contributed by atoms with Gasteiger partial charge >= 0.3 is 5.97 Å². The van der Waals surface area contributed by atoms with Gasteiger partial charge in [0.15, 0.2) is 5.78 Å². The van der Waals surface area contributed by atoms with E-state index in [0.717, 1.165) is 64.5 Å². The summed E-state index contributed by atoms with van der Waals surface area (Å²) in [5.41, 5.74) is 2.27. The number of ketones is 1. The second-order valence-corrected chi connectivity index (χ2v) is 14.5. The quantitative estimate of drug-likeness (QED) is 0.0771. The van der Waals surface area contributed by atoms with Gasteiger partial charge in [-0.3, -0.25) is 9.69 Å². The third-order valence-electron chi connectivity index (χ3n) is 9.21. The van der Waals surface area contributed by atoms with E-state index in [2.05, 4.69) is 4.90 Å². The highest BCUT2D eigenvalue weighted by molar-refractivity contribution is 7.22. The van der Waals surface area contributed by atoms with E-state index in [1.54, 1.807) is 29.5 Å². The number of ether oxygens (including phenoxy) is 3. The van der Waals surface area contributed by atoms with Crippen molar-refractivity contribution in [3.63, 3.8) is 0 Å². The molecule has 0 atom stereocenters. The summed E-state index contributed by atoms with van der Waals surface area (Å²) in [6, 6.07) is 25.3. The van der Waals surface area contributed by atoms with Crippen molar-refractivity contribution < 1.29 is 23.8 Å². The Hall–Kier alpha value is -3.88. The summed E-state index contributed by atoms with van der Waals surface area (Å²) in [5, 5.41) is 1.53. The highest BCUT2D eigenvalue weighted by Gasteiger charge is 2.24. The van der Waals surface area contributed by atoms with Crippen LogP contribution < -0.4 is 14.2 Å². The number of carbonyl (C=O) groups excluding carboxylic acids is 2. The Morgan fingerprint density at radius 2 is 1.49 bits per heavy atom. The van der Waals surface area contributed by atoms with E-state index < -0.39 is 5.97 Å². The van der Waals surface area contributed by atoms with Crippen LogP contribution in [-0.4, -0.2) is 49.0 Å². The highest BCUT2D eigenvalue weighted by Crippen LogP contribution is 2.42. The molecule has 6 nitrogen and oxygen atoms in total. The van der Waals surface area contributed by atoms with Crippen molar-refractivity contribution in [3.05, 3.63) is 112 Å². The molecular formula is C40H37Cl2NO5S. The van der Waals surface area contributed by atoms with Gasteiger partial charge in [-0.2, -0.15) is 0 Å². The number of carbonyl (C=O) groups is 2. The fourth-order valence-electron chi connectivity index (χ4n) is 6.59. The Bertz CT molecular complexity index is 1940. The molecule has 252 valence electrons. The number of rotatable bonds is 11. The zero-order valence-corrected chi connectivity index (χ0v) is 29.4. The minimum atomic E-state index is -0.583. The van der Waals surface area contributed by atoms with Crippen LogP contribution >= 0.6 is 34.5 Å². The van der Waals surface area contributed by atoms with Gasteiger partial charge in [0, 0.05) is 37.7 Å². The SMILES string of the molecule is O=C(Oc1ccc(-c2sc3cc(OC4CCCC4)ccc3c2C(=O)c2ccc(OCCN3CCCCC3)cc2)cc1)c1ccc(Cl)cc1Cl. The summed E-state index contributed by atoms with van der Waals surface area (Å²) in [6.45, 7) is 3.79. The highest BCUT2D eigenvalue weighted by atomic mass is 35.5. The number of hydrogen-bond donors (Lipinski definition) is 0. The Morgan fingerprint density at radius 1 is 0.776 bits per heavy atom. The van der Waals surface area contributed by atoms with Crippen LogP contribution in [0, 0.1) is 0 Å². The van der Waals surface area contributed by atoms with Crippen LogP contribution in [0.3, 0.4) is 0 Å². The first-order chi connectivity index (χ1) is 23.9. The van der Waals surface area contributed by atoms with Crippen LogP contribution in [0.25, 0.3) is 20.5 Å². The monoisotopic (exact) mass is 713 g/mol. The van der Waals surface area contributed by atoms with Gasteiger partial charge in [-0.1, -0.05) is 29.6 Å². The molecule has 0 radical (unpaired) electrons. The van der Waals surface area contributed by atoms with Crippen molar-refractivity contribution in [1.29, 1.82) is 0 Å².